The number of benzene rings is 2. The summed E-state index contributed by atoms with van der Waals surface area (Å²) in [7, 11) is 0. The highest BCUT2D eigenvalue weighted by atomic mass is 79.9. The number of para-hydroxylation sites is 1. The van der Waals surface area contributed by atoms with Gasteiger partial charge in [0.15, 0.2) is 0 Å². The maximum atomic E-state index is 13.0. The summed E-state index contributed by atoms with van der Waals surface area (Å²) in [5.74, 6) is 0.581. The van der Waals surface area contributed by atoms with E-state index in [-0.39, 0.29) is 18.3 Å². The summed E-state index contributed by atoms with van der Waals surface area (Å²) in [6, 6.07) is 13.6. The van der Waals surface area contributed by atoms with Crippen LogP contribution in [-0.2, 0) is 0 Å². The van der Waals surface area contributed by atoms with Gasteiger partial charge in [0.1, 0.15) is 24.3 Å². The van der Waals surface area contributed by atoms with Gasteiger partial charge in [0.2, 0.25) is 0 Å². The van der Waals surface area contributed by atoms with Crippen molar-refractivity contribution in [3.63, 3.8) is 0 Å². The summed E-state index contributed by atoms with van der Waals surface area (Å²) in [6.45, 7) is 2.41. The molecule has 6 heteroatoms. The summed E-state index contributed by atoms with van der Waals surface area (Å²) in [6.07, 6.45) is 0.541. The van der Waals surface area contributed by atoms with Crippen LogP contribution in [0.2, 0.25) is 0 Å². The van der Waals surface area contributed by atoms with Crippen molar-refractivity contribution in [3.8, 4) is 5.75 Å². The lowest BCUT2D eigenvalue weighted by Crippen LogP contribution is -2.41. The molecule has 146 valence electrons. The Labute approximate surface area is 167 Å². The molecule has 0 aliphatic carbocycles. The van der Waals surface area contributed by atoms with E-state index < -0.39 is 12.2 Å². The minimum absolute atomic E-state index is 0.153. The van der Waals surface area contributed by atoms with Gasteiger partial charge in [-0.15, -0.1) is 0 Å². The van der Waals surface area contributed by atoms with E-state index in [0.717, 1.165) is 41.7 Å². The number of hydrogen-bond donors (Lipinski definition) is 2. The normalized spacial score (nSPS) is 18.2. The Morgan fingerprint density at radius 1 is 1.07 bits per heavy atom. The van der Waals surface area contributed by atoms with Crippen molar-refractivity contribution in [1.82, 2.24) is 4.90 Å². The molecular weight excluding hydrogens is 413 g/mol. The Balaban J connectivity index is 1.42. The second-order valence-electron chi connectivity index (χ2n) is 7.03. The Kier molecular flexibility index (Phi) is 7.24. The highest BCUT2D eigenvalue weighted by Crippen LogP contribution is 2.31. The number of nitrogens with zero attached hydrogens (tertiary/aromatic N) is 1. The van der Waals surface area contributed by atoms with E-state index in [1.54, 1.807) is 12.1 Å². The number of rotatable bonds is 7. The van der Waals surface area contributed by atoms with Crippen LogP contribution in [0.15, 0.2) is 53.0 Å². The zero-order valence-corrected chi connectivity index (χ0v) is 16.7. The lowest BCUT2D eigenvalue weighted by Gasteiger charge is -2.35. The number of halogens is 2. The van der Waals surface area contributed by atoms with Gasteiger partial charge in [0, 0.05) is 6.54 Å². The molecule has 0 spiro atoms. The first kappa shape index (κ1) is 20.3. The molecule has 0 radical (unpaired) electrons. The Hall–Kier alpha value is -1.47. The van der Waals surface area contributed by atoms with Gasteiger partial charge in [-0.1, -0.05) is 24.3 Å². The molecule has 1 fully saturated rings. The SMILES string of the molecule is OC(COc1ccccc1Br)CN1CCC(C(O)c2ccc(F)cc2)CC1. The van der Waals surface area contributed by atoms with Gasteiger partial charge in [0.25, 0.3) is 0 Å². The summed E-state index contributed by atoms with van der Waals surface area (Å²) in [4.78, 5) is 2.20. The van der Waals surface area contributed by atoms with Crippen LogP contribution in [0, 0.1) is 11.7 Å². The number of ether oxygens (including phenoxy) is 1. The molecule has 2 atom stereocenters. The van der Waals surface area contributed by atoms with Crippen molar-refractivity contribution >= 4 is 15.9 Å². The number of aliphatic hydroxyl groups excluding tert-OH is 2. The fourth-order valence-electron chi connectivity index (χ4n) is 3.48. The highest BCUT2D eigenvalue weighted by molar-refractivity contribution is 9.10. The van der Waals surface area contributed by atoms with Crippen LogP contribution in [-0.4, -0.2) is 47.5 Å². The summed E-state index contributed by atoms with van der Waals surface area (Å²) in [5, 5.41) is 20.8. The average Bonchev–Trinajstić information content (AvgIpc) is 2.68. The molecule has 0 aromatic heterocycles. The molecule has 2 unspecified atom stereocenters. The number of aliphatic hydroxyl groups is 2. The van der Waals surface area contributed by atoms with Crippen molar-refractivity contribution in [2.24, 2.45) is 5.92 Å². The monoisotopic (exact) mass is 437 g/mol. The van der Waals surface area contributed by atoms with Crippen molar-refractivity contribution < 1.29 is 19.3 Å². The van der Waals surface area contributed by atoms with Crippen LogP contribution in [0.5, 0.6) is 5.75 Å². The summed E-state index contributed by atoms with van der Waals surface area (Å²) in [5.41, 5.74) is 0.761. The van der Waals surface area contributed by atoms with Crippen molar-refractivity contribution in [3.05, 3.63) is 64.4 Å². The molecule has 4 nitrogen and oxygen atoms in total. The average molecular weight is 438 g/mol. The van der Waals surface area contributed by atoms with Crippen LogP contribution < -0.4 is 4.74 Å². The van der Waals surface area contributed by atoms with Crippen molar-refractivity contribution in [2.75, 3.05) is 26.2 Å². The summed E-state index contributed by atoms with van der Waals surface area (Å²) < 4.78 is 19.6. The number of hydrogen-bond acceptors (Lipinski definition) is 4. The van der Waals surface area contributed by atoms with Crippen LogP contribution >= 0.6 is 15.9 Å². The third-order valence-corrected chi connectivity index (χ3v) is 5.68. The molecule has 2 aromatic carbocycles. The minimum Gasteiger partial charge on any atom is -0.490 e. The smallest absolute Gasteiger partial charge is 0.133 e. The first-order valence-corrected chi connectivity index (χ1v) is 10.0. The molecule has 0 saturated carbocycles. The Morgan fingerprint density at radius 2 is 1.74 bits per heavy atom. The van der Waals surface area contributed by atoms with Gasteiger partial charge in [-0.3, -0.25) is 0 Å². The molecule has 1 aliphatic heterocycles. The largest absolute Gasteiger partial charge is 0.490 e. The van der Waals surface area contributed by atoms with Crippen molar-refractivity contribution in [1.29, 1.82) is 0 Å². The summed E-state index contributed by atoms with van der Waals surface area (Å²) >= 11 is 3.43. The maximum Gasteiger partial charge on any atom is 0.133 e. The molecule has 2 aromatic rings. The molecular formula is C21H25BrFNO3. The second kappa shape index (κ2) is 9.64. The van der Waals surface area contributed by atoms with E-state index in [2.05, 4.69) is 20.8 Å². The third-order valence-electron chi connectivity index (χ3n) is 5.03. The number of piperidine rings is 1. The molecule has 2 N–H and O–H groups in total. The van der Waals surface area contributed by atoms with Gasteiger partial charge in [-0.2, -0.15) is 0 Å². The third kappa shape index (κ3) is 5.75. The van der Waals surface area contributed by atoms with Crippen LogP contribution in [0.1, 0.15) is 24.5 Å². The first-order valence-electron chi connectivity index (χ1n) is 9.24. The van der Waals surface area contributed by atoms with Gasteiger partial charge < -0.3 is 19.8 Å². The van der Waals surface area contributed by atoms with Gasteiger partial charge in [-0.05, 0) is 77.6 Å². The van der Waals surface area contributed by atoms with E-state index in [9.17, 15) is 14.6 Å². The predicted molar refractivity (Wildman–Crippen MR) is 106 cm³/mol. The minimum atomic E-state index is -0.573. The lowest BCUT2D eigenvalue weighted by atomic mass is 9.87. The molecule has 3 rings (SSSR count). The van der Waals surface area contributed by atoms with E-state index >= 15 is 0 Å². The number of β-amino-alcohol motifs (C(OH)–C–C–N with tert-alkyl or cyclic N) is 1. The first-order chi connectivity index (χ1) is 13.0. The quantitative estimate of drug-likeness (QED) is 0.691. The van der Waals surface area contributed by atoms with E-state index in [1.165, 1.54) is 12.1 Å². The standard InChI is InChI=1S/C21H25BrFNO3/c22-19-3-1-2-4-20(19)27-14-18(25)13-24-11-9-16(10-12-24)21(26)15-5-7-17(23)8-6-15/h1-8,16,18,21,25-26H,9-14H2. The topological polar surface area (TPSA) is 52.9 Å². The molecule has 27 heavy (non-hydrogen) atoms. The van der Waals surface area contributed by atoms with E-state index in [0.29, 0.717) is 6.54 Å². The van der Waals surface area contributed by atoms with Crippen LogP contribution in [0.25, 0.3) is 0 Å². The van der Waals surface area contributed by atoms with Crippen molar-refractivity contribution in [2.45, 2.75) is 25.0 Å². The van der Waals surface area contributed by atoms with Gasteiger partial charge >= 0.3 is 0 Å². The maximum absolute atomic E-state index is 13.0. The number of likely N-dealkylation sites (tertiary alicyclic amines) is 1. The zero-order chi connectivity index (χ0) is 19.2. The van der Waals surface area contributed by atoms with E-state index in [4.69, 9.17) is 4.74 Å². The van der Waals surface area contributed by atoms with Crippen LogP contribution in [0.3, 0.4) is 0 Å². The highest BCUT2D eigenvalue weighted by Gasteiger charge is 2.27. The molecule has 1 aliphatic rings. The molecule has 1 saturated heterocycles. The fraction of sp³-hybridized carbons (Fsp3) is 0.429. The predicted octanol–water partition coefficient (Wildman–Crippen LogP) is 3.77. The van der Waals surface area contributed by atoms with Gasteiger partial charge in [0.05, 0.1) is 10.6 Å². The molecule has 0 amide bonds. The van der Waals surface area contributed by atoms with Crippen LogP contribution in [0.4, 0.5) is 4.39 Å². The van der Waals surface area contributed by atoms with E-state index in [1.807, 2.05) is 24.3 Å². The molecule has 1 heterocycles. The zero-order valence-electron chi connectivity index (χ0n) is 15.1. The second-order valence-corrected chi connectivity index (χ2v) is 7.88. The molecule has 0 bridgehead atoms. The lowest BCUT2D eigenvalue weighted by molar-refractivity contribution is 0.0277. The fourth-order valence-corrected chi connectivity index (χ4v) is 3.88. The Bertz CT molecular complexity index is 720. The Morgan fingerprint density at radius 3 is 2.41 bits per heavy atom. The van der Waals surface area contributed by atoms with Gasteiger partial charge in [-0.25, -0.2) is 4.39 Å².